The Balaban J connectivity index is 1.40. The van der Waals surface area contributed by atoms with E-state index >= 15 is 0 Å². The van der Waals surface area contributed by atoms with Crippen LogP contribution in [0.25, 0.3) is 0 Å². The number of aryl methyl sites for hydroxylation is 1. The molecule has 156 valence electrons. The first-order valence-electron chi connectivity index (χ1n) is 11.3. The van der Waals surface area contributed by atoms with Crippen LogP contribution in [0.4, 0.5) is 0 Å². The van der Waals surface area contributed by atoms with Crippen molar-refractivity contribution in [1.29, 1.82) is 0 Å². The van der Waals surface area contributed by atoms with Gasteiger partial charge in [-0.25, -0.2) is 0 Å². The highest BCUT2D eigenvalue weighted by atomic mass is 16.5. The molecule has 0 unspecified atom stereocenters. The second-order valence-electron chi connectivity index (χ2n) is 8.94. The summed E-state index contributed by atoms with van der Waals surface area (Å²) in [6.45, 7) is 3.89. The van der Waals surface area contributed by atoms with Crippen LogP contribution in [0.1, 0.15) is 79.4 Å². The lowest BCUT2D eigenvalue weighted by Gasteiger charge is -2.34. The maximum absolute atomic E-state index is 5.82. The van der Waals surface area contributed by atoms with E-state index in [4.69, 9.17) is 9.51 Å². The zero-order chi connectivity index (χ0) is 20.4. The number of nitrogens with zero attached hydrogens (tertiary/aromatic N) is 4. The fourth-order valence-corrected chi connectivity index (χ4v) is 5.31. The molecule has 1 saturated carbocycles. The van der Waals surface area contributed by atoms with Crippen molar-refractivity contribution in [2.24, 2.45) is 0 Å². The molecule has 2 fully saturated rings. The normalized spacial score (nSPS) is 21.7. The first-order chi connectivity index (χ1) is 14.7. The maximum Gasteiger partial charge on any atom is 0.240 e. The Kier molecular flexibility index (Phi) is 5.38. The van der Waals surface area contributed by atoms with E-state index in [0.717, 1.165) is 37.5 Å². The van der Waals surface area contributed by atoms with Crippen LogP contribution >= 0.6 is 0 Å². The van der Waals surface area contributed by atoms with Gasteiger partial charge in [0.15, 0.2) is 5.82 Å². The summed E-state index contributed by atoms with van der Waals surface area (Å²) in [6, 6.07) is 13.5. The number of rotatable bonds is 5. The van der Waals surface area contributed by atoms with Crippen molar-refractivity contribution >= 4 is 0 Å². The van der Waals surface area contributed by atoms with Crippen molar-refractivity contribution in [2.45, 2.75) is 69.9 Å². The molecule has 3 heterocycles. The number of likely N-dealkylation sites (tertiary alicyclic amines) is 1. The molecule has 0 spiro atoms. The van der Waals surface area contributed by atoms with E-state index in [0.29, 0.717) is 12.6 Å². The maximum atomic E-state index is 5.82. The molecule has 1 saturated heterocycles. The smallest absolute Gasteiger partial charge is 0.240 e. The standard InChI is InChI=1S/C25H30N4O/c1-19-9-11-21(12-10-19)25(13-3-4-14-25)24-27-23(30-28-24)18-29-16-5-2-8-22(29)20-7-6-15-26-17-20/h6-7,9-12,15,17,22H,2-5,8,13-14,16,18H2,1H3/t22-/m1/s1. The van der Waals surface area contributed by atoms with E-state index in [-0.39, 0.29) is 5.41 Å². The Morgan fingerprint density at radius 2 is 1.90 bits per heavy atom. The van der Waals surface area contributed by atoms with Crippen LogP contribution in [0.15, 0.2) is 53.3 Å². The molecule has 1 aliphatic carbocycles. The van der Waals surface area contributed by atoms with Gasteiger partial charge in [-0.05, 0) is 56.3 Å². The largest absolute Gasteiger partial charge is 0.338 e. The van der Waals surface area contributed by atoms with Crippen LogP contribution in [-0.2, 0) is 12.0 Å². The number of aromatic nitrogens is 3. The molecule has 0 amide bonds. The van der Waals surface area contributed by atoms with Gasteiger partial charge in [0, 0.05) is 18.4 Å². The molecule has 5 rings (SSSR count). The molecule has 0 N–H and O–H groups in total. The topological polar surface area (TPSA) is 55.1 Å². The summed E-state index contributed by atoms with van der Waals surface area (Å²) in [7, 11) is 0. The highest BCUT2D eigenvalue weighted by Gasteiger charge is 2.41. The van der Waals surface area contributed by atoms with E-state index in [9.17, 15) is 0 Å². The number of benzene rings is 1. The molecule has 5 heteroatoms. The summed E-state index contributed by atoms with van der Waals surface area (Å²) in [5, 5.41) is 4.51. The quantitative estimate of drug-likeness (QED) is 0.575. The summed E-state index contributed by atoms with van der Waals surface area (Å²) in [5.74, 6) is 1.60. The van der Waals surface area contributed by atoms with Gasteiger partial charge in [0.25, 0.3) is 0 Å². The van der Waals surface area contributed by atoms with Crippen LogP contribution < -0.4 is 0 Å². The molecular weight excluding hydrogens is 372 g/mol. The number of piperidine rings is 1. The van der Waals surface area contributed by atoms with Crippen molar-refractivity contribution < 1.29 is 4.52 Å². The fraction of sp³-hybridized carbons (Fsp3) is 0.480. The third-order valence-corrected chi connectivity index (χ3v) is 6.98. The summed E-state index contributed by atoms with van der Waals surface area (Å²) < 4.78 is 5.82. The zero-order valence-corrected chi connectivity index (χ0v) is 17.8. The predicted molar refractivity (Wildman–Crippen MR) is 116 cm³/mol. The minimum atomic E-state index is -0.0971. The second kappa shape index (κ2) is 8.31. The predicted octanol–water partition coefficient (Wildman–Crippen LogP) is 5.36. The molecule has 1 atom stereocenters. The van der Waals surface area contributed by atoms with Crippen molar-refractivity contribution in [3.8, 4) is 0 Å². The molecule has 2 aromatic heterocycles. The van der Waals surface area contributed by atoms with E-state index in [1.54, 1.807) is 0 Å². The average molecular weight is 403 g/mol. The van der Waals surface area contributed by atoms with Gasteiger partial charge in [-0.3, -0.25) is 9.88 Å². The lowest BCUT2D eigenvalue weighted by Crippen LogP contribution is -2.33. The SMILES string of the molecule is Cc1ccc(C2(c3noc(CN4CCCC[C@@H]4c4cccnc4)n3)CCCC2)cc1. The Bertz CT molecular complexity index is 960. The zero-order valence-electron chi connectivity index (χ0n) is 17.8. The van der Waals surface area contributed by atoms with Crippen molar-refractivity contribution in [2.75, 3.05) is 6.54 Å². The lowest BCUT2D eigenvalue weighted by molar-refractivity contribution is 0.123. The minimum absolute atomic E-state index is 0.0971. The molecule has 1 aromatic carbocycles. The second-order valence-corrected chi connectivity index (χ2v) is 8.94. The van der Waals surface area contributed by atoms with Gasteiger partial charge in [-0.15, -0.1) is 0 Å². The molecule has 2 aliphatic rings. The Hall–Kier alpha value is -2.53. The Morgan fingerprint density at radius 1 is 1.07 bits per heavy atom. The molecule has 5 nitrogen and oxygen atoms in total. The van der Waals surface area contributed by atoms with Gasteiger partial charge in [-0.2, -0.15) is 4.98 Å². The Labute approximate surface area is 178 Å². The van der Waals surface area contributed by atoms with Gasteiger partial charge >= 0.3 is 0 Å². The molecule has 30 heavy (non-hydrogen) atoms. The average Bonchev–Trinajstić information content (AvgIpc) is 3.46. The monoisotopic (exact) mass is 402 g/mol. The molecule has 3 aromatic rings. The first-order valence-corrected chi connectivity index (χ1v) is 11.3. The van der Waals surface area contributed by atoms with E-state index in [2.05, 4.69) is 52.3 Å². The van der Waals surface area contributed by atoms with Crippen LogP contribution in [0.2, 0.25) is 0 Å². The van der Waals surface area contributed by atoms with E-state index < -0.39 is 0 Å². The summed E-state index contributed by atoms with van der Waals surface area (Å²) >= 11 is 0. The fourth-order valence-electron chi connectivity index (χ4n) is 5.31. The third kappa shape index (κ3) is 3.67. The van der Waals surface area contributed by atoms with Crippen molar-refractivity contribution in [3.63, 3.8) is 0 Å². The van der Waals surface area contributed by atoms with Gasteiger partial charge in [0.1, 0.15) is 0 Å². The van der Waals surface area contributed by atoms with Crippen LogP contribution in [0, 0.1) is 6.92 Å². The van der Waals surface area contributed by atoms with E-state index in [1.807, 2.05) is 18.5 Å². The highest BCUT2D eigenvalue weighted by molar-refractivity contribution is 5.35. The highest BCUT2D eigenvalue weighted by Crippen LogP contribution is 2.45. The summed E-state index contributed by atoms with van der Waals surface area (Å²) in [5.41, 5.74) is 3.79. The summed E-state index contributed by atoms with van der Waals surface area (Å²) in [6.07, 6.45) is 12.1. The van der Waals surface area contributed by atoms with Gasteiger partial charge < -0.3 is 4.52 Å². The molecular formula is C25H30N4O. The van der Waals surface area contributed by atoms with Crippen molar-refractivity contribution in [3.05, 3.63) is 77.2 Å². The Morgan fingerprint density at radius 3 is 2.67 bits per heavy atom. The molecule has 0 radical (unpaired) electrons. The van der Waals surface area contributed by atoms with E-state index in [1.165, 1.54) is 42.4 Å². The van der Waals surface area contributed by atoms with Gasteiger partial charge in [-0.1, -0.05) is 60.3 Å². The van der Waals surface area contributed by atoms with Crippen LogP contribution in [0.5, 0.6) is 0 Å². The van der Waals surface area contributed by atoms with Gasteiger partial charge in [0.2, 0.25) is 5.89 Å². The molecule has 0 bridgehead atoms. The summed E-state index contributed by atoms with van der Waals surface area (Å²) in [4.78, 5) is 11.8. The molecule has 1 aliphatic heterocycles. The minimum Gasteiger partial charge on any atom is -0.338 e. The first kappa shape index (κ1) is 19.4. The van der Waals surface area contributed by atoms with Crippen LogP contribution in [-0.4, -0.2) is 26.6 Å². The number of pyridine rings is 1. The number of hydrogen-bond donors (Lipinski definition) is 0. The van der Waals surface area contributed by atoms with Crippen molar-refractivity contribution in [1.82, 2.24) is 20.0 Å². The van der Waals surface area contributed by atoms with Gasteiger partial charge in [0.05, 0.1) is 12.0 Å². The lowest BCUT2D eigenvalue weighted by atomic mass is 9.78. The van der Waals surface area contributed by atoms with Crippen LogP contribution in [0.3, 0.4) is 0 Å². The third-order valence-electron chi connectivity index (χ3n) is 6.98. The number of hydrogen-bond acceptors (Lipinski definition) is 5.